The van der Waals surface area contributed by atoms with Crippen LogP contribution < -0.4 is 0 Å². The van der Waals surface area contributed by atoms with Crippen molar-refractivity contribution in [2.45, 2.75) is 19.8 Å². The summed E-state index contributed by atoms with van der Waals surface area (Å²) >= 11 is 6.01. The van der Waals surface area contributed by atoms with Gasteiger partial charge < -0.3 is 4.42 Å². The summed E-state index contributed by atoms with van der Waals surface area (Å²) in [6.45, 7) is 1.99. The highest BCUT2D eigenvalue weighted by Gasteiger charge is 2.12. The van der Waals surface area contributed by atoms with Crippen molar-refractivity contribution < 1.29 is 9.21 Å². The lowest BCUT2D eigenvalue weighted by atomic mass is 10.1. The Labute approximate surface area is 105 Å². The lowest BCUT2D eigenvalue weighted by Crippen LogP contribution is -2.02. The molecule has 1 heterocycles. The number of ketones is 1. The molecule has 2 nitrogen and oxygen atoms in total. The maximum absolute atomic E-state index is 11.9. The Balaban J connectivity index is 2.14. The van der Waals surface area contributed by atoms with E-state index in [0.717, 1.165) is 17.7 Å². The number of hydrogen-bond donors (Lipinski definition) is 0. The van der Waals surface area contributed by atoms with Gasteiger partial charge in [-0.3, -0.25) is 4.79 Å². The maximum Gasteiger partial charge on any atom is 0.202 e. The molecule has 0 unspecified atom stereocenters. The summed E-state index contributed by atoms with van der Waals surface area (Å²) < 4.78 is 5.41. The molecule has 1 aromatic heterocycles. The lowest BCUT2D eigenvalue weighted by Gasteiger charge is -2.01. The van der Waals surface area contributed by atoms with Crippen molar-refractivity contribution in [2.24, 2.45) is 0 Å². The SMILES string of the molecule is CCc1ccc(C(=O)Cc2ccccc2Cl)o1. The van der Waals surface area contributed by atoms with Crippen LogP contribution in [0.5, 0.6) is 0 Å². The molecule has 0 saturated carbocycles. The highest BCUT2D eigenvalue weighted by atomic mass is 35.5. The Bertz CT molecular complexity index is 529. The van der Waals surface area contributed by atoms with Crippen LogP contribution in [-0.4, -0.2) is 5.78 Å². The Hall–Kier alpha value is -1.54. The van der Waals surface area contributed by atoms with Crippen molar-refractivity contribution >= 4 is 17.4 Å². The standard InChI is InChI=1S/C14H13ClO2/c1-2-11-7-8-14(17-11)13(16)9-10-5-3-4-6-12(10)15/h3-8H,2,9H2,1H3. The molecule has 0 N–H and O–H groups in total. The molecule has 2 aromatic rings. The topological polar surface area (TPSA) is 30.2 Å². The molecule has 0 saturated heterocycles. The average Bonchev–Trinajstić information content (AvgIpc) is 2.81. The second kappa shape index (κ2) is 5.19. The van der Waals surface area contributed by atoms with Gasteiger partial charge in [-0.15, -0.1) is 0 Å². The van der Waals surface area contributed by atoms with Crippen molar-refractivity contribution in [3.63, 3.8) is 0 Å². The molecule has 0 aliphatic rings. The molecule has 0 radical (unpaired) electrons. The highest BCUT2D eigenvalue weighted by Crippen LogP contribution is 2.18. The molecule has 3 heteroatoms. The summed E-state index contributed by atoms with van der Waals surface area (Å²) in [6, 6.07) is 10.9. The third kappa shape index (κ3) is 2.77. The predicted octanol–water partition coefficient (Wildman–Crippen LogP) is 3.92. The number of hydrogen-bond acceptors (Lipinski definition) is 2. The largest absolute Gasteiger partial charge is 0.458 e. The zero-order valence-corrected chi connectivity index (χ0v) is 10.3. The first-order valence-corrected chi connectivity index (χ1v) is 5.94. The Morgan fingerprint density at radius 1 is 1.24 bits per heavy atom. The fourth-order valence-corrected chi connectivity index (χ4v) is 1.82. The zero-order valence-electron chi connectivity index (χ0n) is 9.57. The molecule has 1 aromatic carbocycles. The van der Waals surface area contributed by atoms with Gasteiger partial charge in [0.05, 0.1) is 0 Å². The second-order valence-corrected chi connectivity index (χ2v) is 4.22. The Kier molecular flexibility index (Phi) is 3.64. The van der Waals surface area contributed by atoms with Gasteiger partial charge in [-0.05, 0) is 23.8 Å². The Morgan fingerprint density at radius 3 is 2.65 bits per heavy atom. The number of Topliss-reactive ketones (excluding diaryl/α,β-unsaturated/α-hetero) is 1. The monoisotopic (exact) mass is 248 g/mol. The van der Waals surface area contributed by atoms with Gasteiger partial charge >= 0.3 is 0 Å². The van der Waals surface area contributed by atoms with Gasteiger partial charge in [-0.1, -0.05) is 36.7 Å². The fraction of sp³-hybridized carbons (Fsp3) is 0.214. The number of carbonyl (C=O) groups is 1. The minimum Gasteiger partial charge on any atom is -0.458 e. The van der Waals surface area contributed by atoms with E-state index in [1.165, 1.54) is 0 Å². The molecule has 0 bridgehead atoms. The number of furan rings is 1. The van der Waals surface area contributed by atoms with Crippen molar-refractivity contribution in [1.29, 1.82) is 0 Å². The molecule has 17 heavy (non-hydrogen) atoms. The van der Waals surface area contributed by atoms with Crippen LogP contribution in [-0.2, 0) is 12.8 Å². The van der Waals surface area contributed by atoms with E-state index < -0.39 is 0 Å². The van der Waals surface area contributed by atoms with Crippen LogP contribution >= 0.6 is 11.6 Å². The van der Waals surface area contributed by atoms with E-state index >= 15 is 0 Å². The van der Waals surface area contributed by atoms with Gasteiger partial charge in [-0.25, -0.2) is 0 Å². The molecule has 0 aliphatic heterocycles. The van der Waals surface area contributed by atoms with Gasteiger partial charge in [0.15, 0.2) is 5.76 Å². The molecule has 0 spiro atoms. The van der Waals surface area contributed by atoms with Gasteiger partial charge in [0.25, 0.3) is 0 Å². The summed E-state index contributed by atoms with van der Waals surface area (Å²) in [4.78, 5) is 11.9. The van der Waals surface area contributed by atoms with E-state index in [2.05, 4.69) is 0 Å². The van der Waals surface area contributed by atoms with E-state index in [4.69, 9.17) is 16.0 Å². The Morgan fingerprint density at radius 2 is 2.00 bits per heavy atom. The third-order valence-corrected chi connectivity index (χ3v) is 2.96. The molecule has 0 atom stereocenters. The highest BCUT2D eigenvalue weighted by molar-refractivity contribution is 6.31. The van der Waals surface area contributed by atoms with Crippen LogP contribution in [0.4, 0.5) is 0 Å². The molecule has 2 rings (SSSR count). The van der Waals surface area contributed by atoms with E-state index in [9.17, 15) is 4.79 Å². The zero-order chi connectivity index (χ0) is 12.3. The van der Waals surface area contributed by atoms with Crippen LogP contribution in [0.15, 0.2) is 40.8 Å². The number of benzene rings is 1. The quantitative estimate of drug-likeness (QED) is 0.768. The minimum absolute atomic E-state index is 0.0437. The maximum atomic E-state index is 11.9. The van der Waals surface area contributed by atoms with Gasteiger partial charge in [-0.2, -0.15) is 0 Å². The van der Waals surface area contributed by atoms with Crippen molar-refractivity contribution in [1.82, 2.24) is 0 Å². The number of carbonyl (C=O) groups excluding carboxylic acids is 1. The summed E-state index contributed by atoms with van der Waals surface area (Å²) in [6.07, 6.45) is 1.07. The van der Waals surface area contributed by atoms with Crippen molar-refractivity contribution in [3.8, 4) is 0 Å². The van der Waals surface area contributed by atoms with Gasteiger partial charge in [0, 0.05) is 17.9 Å². The minimum atomic E-state index is -0.0437. The van der Waals surface area contributed by atoms with Crippen LogP contribution in [0.1, 0.15) is 28.8 Å². The fourth-order valence-electron chi connectivity index (χ4n) is 1.62. The summed E-state index contributed by atoms with van der Waals surface area (Å²) in [7, 11) is 0. The van der Waals surface area contributed by atoms with Gasteiger partial charge in [0.2, 0.25) is 5.78 Å². The molecule has 0 fully saturated rings. The lowest BCUT2D eigenvalue weighted by molar-refractivity contribution is 0.0965. The van der Waals surface area contributed by atoms with E-state index in [-0.39, 0.29) is 12.2 Å². The predicted molar refractivity (Wildman–Crippen MR) is 67.6 cm³/mol. The van der Waals surface area contributed by atoms with E-state index in [0.29, 0.717) is 10.8 Å². The second-order valence-electron chi connectivity index (χ2n) is 3.81. The summed E-state index contributed by atoms with van der Waals surface area (Å²) in [5, 5.41) is 0.614. The smallest absolute Gasteiger partial charge is 0.202 e. The van der Waals surface area contributed by atoms with Crippen LogP contribution in [0.25, 0.3) is 0 Å². The first-order valence-electron chi connectivity index (χ1n) is 5.56. The molecule has 0 amide bonds. The van der Waals surface area contributed by atoms with Crippen LogP contribution in [0, 0.1) is 0 Å². The number of aryl methyl sites for hydroxylation is 1. The van der Waals surface area contributed by atoms with Crippen LogP contribution in [0.2, 0.25) is 5.02 Å². The molecule has 0 aliphatic carbocycles. The number of halogens is 1. The number of rotatable bonds is 4. The average molecular weight is 249 g/mol. The van der Waals surface area contributed by atoms with Gasteiger partial charge in [0.1, 0.15) is 5.76 Å². The molecular weight excluding hydrogens is 236 g/mol. The van der Waals surface area contributed by atoms with Crippen LogP contribution in [0.3, 0.4) is 0 Å². The van der Waals surface area contributed by atoms with Crippen molar-refractivity contribution in [3.05, 3.63) is 58.5 Å². The third-order valence-electron chi connectivity index (χ3n) is 2.59. The molecule has 88 valence electrons. The normalized spacial score (nSPS) is 10.5. The van der Waals surface area contributed by atoms with E-state index in [1.54, 1.807) is 12.1 Å². The van der Waals surface area contributed by atoms with E-state index in [1.807, 2.05) is 31.2 Å². The summed E-state index contributed by atoms with van der Waals surface area (Å²) in [5.41, 5.74) is 0.827. The first-order chi connectivity index (χ1) is 8.20. The first kappa shape index (κ1) is 11.9. The van der Waals surface area contributed by atoms with Crippen molar-refractivity contribution in [2.75, 3.05) is 0 Å². The summed E-state index contributed by atoms with van der Waals surface area (Å²) in [5.74, 6) is 1.19. The molecular formula is C14H13ClO2.